The molecule has 0 radical (unpaired) electrons. The molecule has 8 heteroatoms. The van der Waals surface area contributed by atoms with E-state index in [1.54, 1.807) is 25.1 Å². The molecule has 3 rings (SSSR count). The van der Waals surface area contributed by atoms with E-state index in [0.29, 0.717) is 44.0 Å². The first-order chi connectivity index (χ1) is 13.7. The Labute approximate surface area is 167 Å². The summed E-state index contributed by atoms with van der Waals surface area (Å²) in [5.41, 5.74) is 1.23. The average molecular weight is 409 g/mol. The van der Waals surface area contributed by atoms with Gasteiger partial charge in [0.15, 0.2) is 0 Å². The lowest BCUT2D eigenvalue weighted by atomic mass is 10.1. The van der Waals surface area contributed by atoms with E-state index in [1.807, 2.05) is 9.80 Å². The van der Waals surface area contributed by atoms with Crippen LogP contribution >= 0.6 is 0 Å². The highest BCUT2D eigenvalue weighted by Crippen LogP contribution is 2.31. The van der Waals surface area contributed by atoms with Crippen LogP contribution in [0, 0.1) is 12.7 Å². The van der Waals surface area contributed by atoms with Crippen molar-refractivity contribution in [3.63, 3.8) is 0 Å². The number of hydrogen-bond acceptors (Lipinski definition) is 3. The van der Waals surface area contributed by atoms with E-state index in [0.717, 1.165) is 17.7 Å². The zero-order chi connectivity index (χ0) is 21.0. The van der Waals surface area contributed by atoms with E-state index in [-0.39, 0.29) is 18.3 Å². The minimum Gasteiger partial charge on any atom is -0.369 e. The first-order valence-corrected chi connectivity index (χ1v) is 9.38. The molecule has 0 unspecified atom stereocenters. The van der Waals surface area contributed by atoms with Crippen molar-refractivity contribution in [1.29, 1.82) is 0 Å². The van der Waals surface area contributed by atoms with E-state index in [2.05, 4.69) is 5.32 Å². The largest absolute Gasteiger partial charge is 0.416 e. The highest BCUT2D eigenvalue weighted by Gasteiger charge is 2.31. The van der Waals surface area contributed by atoms with Gasteiger partial charge in [-0.05, 0) is 42.3 Å². The van der Waals surface area contributed by atoms with Gasteiger partial charge >= 0.3 is 6.18 Å². The van der Waals surface area contributed by atoms with Gasteiger partial charge in [0.1, 0.15) is 5.82 Å². The zero-order valence-electron chi connectivity index (χ0n) is 16.1. The van der Waals surface area contributed by atoms with Crippen LogP contribution in [0.1, 0.15) is 16.7 Å². The molecule has 0 atom stereocenters. The van der Waals surface area contributed by atoms with Gasteiger partial charge in [0.2, 0.25) is 5.91 Å². The van der Waals surface area contributed by atoms with E-state index >= 15 is 0 Å². The van der Waals surface area contributed by atoms with Crippen molar-refractivity contribution in [3.8, 4) is 0 Å². The second-order valence-corrected chi connectivity index (χ2v) is 7.17. The van der Waals surface area contributed by atoms with Crippen LogP contribution in [0.15, 0.2) is 42.5 Å². The number of aryl methyl sites for hydroxylation is 1. The summed E-state index contributed by atoms with van der Waals surface area (Å²) in [6.45, 7) is 4.47. The molecular weight excluding hydrogens is 386 g/mol. The zero-order valence-corrected chi connectivity index (χ0v) is 16.1. The molecule has 0 aliphatic carbocycles. The Balaban J connectivity index is 1.47. The van der Waals surface area contributed by atoms with Crippen LogP contribution in [0.5, 0.6) is 0 Å². The van der Waals surface area contributed by atoms with Gasteiger partial charge in [-0.15, -0.1) is 0 Å². The smallest absolute Gasteiger partial charge is 0.369 e. The summed E-state index contributed by atoms with van der Waals surface area (Å²) in [6, 6.07) is 10.0. The quantitative estimate of drug-likeness (QED) is 0.767. The van der Waals surface area contributed by atoms with Gasteiger partial charge < -0.3 is 10.2 Å². The number of hydrogen-bond donors (Lipinski definition) is 1. The molecule has 1 N–H and O–H groups in total. The fourth-order valence-corrected chi connectivity index (χ4v) is 3.32. The lowest BCUT2D eigenvalue weighted by Gasteiger charge is -2.36. The molecule has 0 saturated carbocycles. The maximum Gasteiger partial charge on any atom is 0.416 e. The summed E-state index contributed by atoms with van der Waals surface area (Å²) in [6.07, 6.45) is -4.36. The van der Waals surface area contributed by atoms with E-state index < -0.39 is 11.7 Å². The second kappa shape index (κ2) is 8.82. The minimum atomic E-state index is -4.36. The van der Waals surface area contributed by atoms with Crippen molar-refractivity contribution in [2.75, 3.05) is 37.6 Å². The van der Waals surface area contributed by atoms with Crippen LogP contribution in [0.25, 0.3) is 0 Å². The molecule has 1 amide bonds. The van der Waals surface area contributed by atoms with E-state index in [4.69, 9.17) is 0 Å². The third kappa shape index (κ3) is 5.69. The molecule has 1 saturated heterocycles. The Kier molecular flexibility index (Phi) is 6.42. The molecule has 0 bridgehead atoms. The predicted octanol–water partition coefficient (Wildman–Crippen LogP) is 3.59. The number of piperazine rings is 1. The van der Waals surface area contributed by atoms with Crippen molar-refractivity contribution < 1.29 is 22.4 Å². The number of benzene rings is 2. The van der Waals surface area contributed by atoms with Gasteiger partial charge in [-0.25, -0.2) is 4.39 Å². The van der Waals surface area contributed by atoms with Crippen LogP contribution in [-0.2, 0) is 17.5 Å². The fourth-order valence-electron chi connectivity index (χ4n) is 3.32. The van der Waals surface area contributed by atoms with Crippen molar-refractivity contribution in [1.82, 2.24) is 10.2 Å². The lowest BCUT2D eigenvalue weighted by Crippen LogP contribution is -2.49. The number of amides is 1. The fraction of sp³-hybridized carbons (Fsp3) is 0.381. The van der Waals surface area contributed by atoms with E-state index in [9.17, 15) is 22.4 Å². The van der Waals surface area contributed by atoms with Crippen molar-refractivity contribution in [2.24, 2.45) is 0 Å². The first-order valence-electron chi connectivity index (χ1n) is 9.38. The number of alkyl halides is 3. The topological polar surface area (TPSA) is 35.6 Å². The number of nitrogens with one attached hydrogen (secondary N) is 1. The Morgan fingerprint density at radius 2 is 1.79 bits per heavy atom. The number of halogens is 4. The number of carbonyl (C=O) groups excluding carboxylic acids is 1. The van der Waals surface area contributed by atoms with Gasteiger partial charge in [0.25, 0.3) is 0 Å². The minimum absolute atomic E-state index is 0.139. The Bertz CT molecular complexity index is 861. The van der Waals surface area contributed by atoms with Gasteiger partial charge in [-0.2, -0.15) is 13.2 Å². The summed E-state index contributed by atoms with van der Waals surface area (Å²) in [4.78, 5) is 16.0. The molecule has 1 fully saturated rings. The van der Waals surface area contributed by atoms with Crippen LogP contribution in [-0.4, -0.2) is 43.5 Å². The molecule has 4 nitrogen and oxygen atoms in total. The Hall–Kier alpha value is -2.61. The summed E-state index contributed by atoms with van der Waals surface area (Å²) in [7, 11) is 0. The molecule has 2 aromatic carbocycles. The maximum atomic E-state index is 13.3. The normalized spacial score (nSPS) is 15.4. The number of anilines is 1. The summed E-state index contributed by atoms with van der Waals surface area (Å²) < 4.78 is 52.0. The van der Waals surface area contributed by atoms with Crippen molar-refractivity contribution in [2.45, 2.75) is 19.6 Å². The van der Waals surface area contributed by atoms with E-state index in [1.165, 1.54) is 12.1 Å². The number of rotatable bonds is 5. The van der Waals surface area contributed by atoms with Crippen LogP contribution in [0.3, 0.4) is 0 Å². The van der Waals surface area contributed by atoms with Crippen LogP contribution in [0.4, 0.5) is 23.2 Å². The molecule has 2 aromatic rings. The third-order valence-electron chi connectivity index (χ3n) is 4.99. The van der Waals surface area contributed by atoms with Crippen LogP contribution < -0.4 is 10.2 Å². The number of nitrogens with zero attached hydrogens (tertiary/aromatic N) is 2. The first kappa shape index (κ1) is 21.1. The Morgan fingerprint density at radius 3 is 2.45 bits per heavy atom. The summed E-state index contributed by atoms with van der Waals surface area (Å²) in [5, 5.41) is 2.82. The lowest BCUT2D eigenvalue weighted by molar-refractivity contribution is -0.137. The average Bonchev–Trinajstić information content (AvgIpc) is 2.69. The molecule has 1 heterocycles. The number of carbonyl (C=O) groups is 1. The molecule has 29 heavy (non-hydrogen) atoms. The Morgan fingerprint density at radius 1 is 1.07 bits per heavy atom. The standard InChI is InChI=1S/C21H23F4N3O/c1-15-11-16(5-6-19(15)22)13-26-20(29)14-27-7-9-28(10-8-27)18-4-2-3-17(12-18)21(23,24)25/h2-6,11-12H,7-10,13-14H2,1H3,(H,26,29). The third-order valence-corrected chi connectivity index (χ3v) is 4.99. The second-order valence-electron chi connectivity index (χ2n) is 7.17. The molecular formula is C21H23F4N3O. The van der Waals surface area contributed by atoms with Gasteiger partial charge in [-0.1, -0.05) is 18.2 Å². The van der Waals surface area contributed by atoms with Crippen LogP contribution in [0.2, 0.25) is 0 Å². The molecule has 0 spiro atoms. The van der Waals surface area contributed by atoms with Gasteiger partial charge in [0, 0.05) is 38.4 Å². The van der Waals surface area contributed by atoms with Gasteiger partial charge in [0.05, 0.1) is 12.1 Å². The highest BCUT2D eigenvalue weighted by molar-refractivity contribution is 5.78. The summed E-state index contributed by atoms with van der Waals surface area (Å²) >= 11 is 0. The molecule has 0 aromatic heterocycles. The van der Waals surface area contributed by atoms with Crippen molar-refractivity contribution >= 4 is 11.6 Å². The molecule has 156 valence electrons. The molecule has 1 aliphatic heterocycles. The SMILES string of the molecule is Cc1cc(CNC(=O)CN2CCN(c3cccc(C(F)(F)F)c3)CC2)ccc1F. The van der Waals surface area contributed by atoms with Gasteiger partial charge in [-0.3, -0.25) is 9.69 Å². The summed E-state index contributed by atoms with van der Waals surface area (Å²) in [5.74, 6) is -0.418. The highest BCUT2D eigenvalue weighted by atomic mass is 19.4. The van der Waals surface area contributed by atoms with Crippen molar-refractivity contribution in [3.05, 3.63) is 65.0 Å². The predicted molar refractivity (Wildman–Crippen MR) is 103 cm³/mol. The molecule has 1 aliphatic rings. The monoisotopic (exact) mass is 409 g/mol. The maximum absolute atomic E-state index is 13.3.